The summed E-state index contributed by atoms with van der Waals surface area (Å²) in [5.74, 6) is 0.568. The Morgan fingerprint density at radius 3 is 2.75 bits per heavy atom. The van der Waals surface area contributed by atoms with Gasteiger partial charge in [-0.05, 0) is 42.7 Å². The number of anilines is 1. The number of amides is 2. The van der Waals surface area contributed by atoms with Crippen LogP contribution in [0.3, 0.4) is 0 Å². The van der Waals surface area contributed by atoms with Gasteiger partial charge in [-0.3, -0.25) is 9.59 Å². The molecule has 1 heterocycles. The molecule has 0 aliphatic carbocycles. The fourth-order valence-electron chi connectivity index (χ4n) is 2.58. The highest BCUT2D eigenvalue weighted by Gasteiger charge is 2.14. The molecular weight excluding hydrogens is 304 g/mol. The van der Waals surface area contributed by atoms with Crippen LogP contribution in [0.1, 0.15) is 23.1 Å². The standard InChI is InChI=1S/C19H20N2O3/c1-13-2-6-16(7-3-13)24-12-19(23)20-11-14-4-8-17-15(10-14)5-9-18(22)21-17/h2-4,6-8,10H,5,9,11-12H2,1H3,(H,20,23)(H,21,22). The quantitative estimate of drug-likeness (QED) is 0.888. The molecule has 0 saturated heterocycles. The van der Waals surface area contributed by atoms with E-state index in [0.29, 0.717) is 18.7 Å². The molecule has 0 fully saturated rings. The van der Waals surface area contributed by atoms with Crippen molar-refractivity contribution in [1.29, 1.82) is 0 Å². The molecule has 2 N–H and O–H groups in total. The molecular formula is C19H20N2O3. The summed E-state index contributed by atoms with van der Waals surface area (Å²) in [7, 11) is 0. The molecule has 0 bridgehead atoms. The number of nitrogens with one attached hydrogen (secondary N) is 2. The molecule has 2 aromatic carbocycles. The minimum absolute atomic E-state index is 0.00986. The van der Waals surface area contributed by atoms with Crippen LogP contribution in [-0.4, -0.2) is 18.4 Å². The number of ether oxygens (including phenoxy) is 1. The monoisotopic (exact) mass is 324 g/mol. The molecule has 0 aromatic heterocycles. The van der Waals surface area contributed by atoms with Gasteiger partial charge in [0.05, 0.1) is 0 Å². The number of hydrogen-bond acceptors (Lipinski definition) is 3. The van der Waals surface area contributed by atoms with Crippen molar-refractivity contribution in [3.63, 3.8) is 0 Å². The van der Waals surface area contributed by atoms with Gasteiger partial charge in [-0.25, -0.2) is 0 Å². The second-order valence-corrected chi connectivity index (χ2v) is 5.92. The largest absolute Gasteiger partial charge is 0.484 e. The van der Waals surface area contributed by atoms with Gasteiger partial charge in [-0.2, -0.15) is 0 Å². The lowest BCUT2D eigenvalue weighted by atomic mass is 10.0. The van der Waals surface area contributed by atoms with Crippen LogP contribution in [0.5, 0.6) is 5.75 Å². The fraction of sp³-hybridized carbons (Fsp3) is 0.263. The Morgan fingerprint density at radius 2 is 1.96 bits per heavy atom. The Bertz CT molecular complexity index is 754. The lowest BCUT2D eigenvalue weighted by Gasteiger charge is -2.17. The first-order valence-corrected chi connectivity index (χ1v) is 7.98. The van der Waals surface area contributed by atoms with Gasteiger partial charge in [0.1, 0.15) is 5.75 Å². The van der Waals surface area contributed by atoms with Crippen molar-refractivity contribution >= 4 is 17.5 Å². The van der Waals surface area contributed by atoms with E-state index in [1.165, 1.54) is 0 Å². The Hall–Kier alpha value is -2.82. The number of aryl methyl sites for hydroxylation is 2. The third-order valence-corrected chi connectivity index (χ3v) is 3.95. The summed E-state index contributed by atoms with van der Waals surface area (Å²) in [6.07, 6.45) is 1.24. The van der Waals surface area contributed by atoms with Crippen molar-refractivity contribution in [2.45, 2.75) is 26.3 Å². The summed E-state index contributed by atoms with van der Waals surface area (Å²) in [6.45, 7) is 2.43. The fourth-order valence-corrected chi connectivity index (χ4v) is 2.58. The molecule has 0 atom stereocenters. The molecule has 24 heavy (non-hydrogen) atoms. The second kappa shape index (κ2) is 7.17. The maximum atomic E-state index is 11.9. The van der Waals surface area contributed by atoms with Crippen LogP contribution in [0.15, 0.2) is 42.5 Å². The summed E-state index contributed by atoms with van der Waals surface area (Å²) < 4.78 is 5.45. The average molecular weight is 324 g/mol. The van der Waals surface area contributed by atoms with E-state index >= 15 is 0 Å². The van der Waals surface area contributed by atoms with Crippen LogP contribution in [-0.2, 0) is 22.6 Å². The number of carbonyl (C=O) groups excluding carboxylic acids is 2. The first-order valence-electron chi connectivity index (χ1n) is 7.98. The van der Waals surface area contributed by atoms with Crippen molar-refractivity contribution in [3.8, 4) is 5.75 Å². The molecule has 2 aromatic rings. The lowest BCUT2D eigenvalue weighted by molar-refractivity contribution is -0.123. The number of benzene rings is 2. The highest BCUT2D eigenvalue weighted by atomic mass is 16.5. The third kappa shape index (κ3) is 4.13. The molecule has 1 aliphatic heterocycles. The molecule has 1 aliphatic rings. The van der Waals surface area contributed by atoms with E-state index in [0.717, 1.165) is 28.8 Å². The normalized spacial score (nSPS) is 13.0. The van der Waals surface area contributed by atoms with Gasteiger partial charge in [0.2, 0.25) is 5.91 Å². The smallest absolute Gasteiger partial charge is 0.258 e. The Balaban J connectivity index is 1.49. The highest BCUT2D eigenvalue weighted by molar-refractivity contribution is 5.93. The van der Waals surface area contributed by atoms with E-state index in [1.807, 2.05) is 49.4 Å². The number of hydrogen-bond donors (Lipinski definition) is 2. The van der Waals surface area contributed by atoms with Crippen molar-refractivity contribution < 1.29 is 14.3 Å². The zero-order valence-electron chi connectivity index (χ0n) is 13.6. The van der Waals surface area contributed by atoms with E-state index in [2.05, 4.69) is 10.6 Å². The van der Waals surface area contributed by atoms with Gasteiger partial charge >= 0.3 is 0 Å². The lowest BCUT2D eigenvalue weighted by Crippen LogP contribution is -2.28. The molecule has 3 rings (SSSR count). The Morgan fingerprint density at radius 1 is 1.17 bits per heavy atom. The first-order chi connectivity index (χ1) is 11.6. The summed E-state index contributed by atoms with van der Waals surface area (Å²) in [5, 5.41) is 5.69. The van der Waals surface area contributed by atoms with E-state index in [9.17, 15) is 9.59 Å². The van der Waals surface area contributed by atoms with Gasteiger partial charge < -0.3 is 15.4 Å². The van der Waals surface area contributed by atoms with Gasteiger partial charge in [-0.1, -0.05) is 29.8 Å². The van der Waals surface area contributed by atoms with Crippen molar-refractivity contribution in [1.82, 2.24) is 5.32 Å². The molecule has 2 amide bonds. The summed E-state index contributed by atoms with van der Waals surface area (Å²) in [5.41, 5.74) is 4.13. The predicted octanol–water partition coefficient (Wildman–Crippen LogP) is 2.57. The van der Waals surface area contributed by atoms with E-state index in [1.54, 1.807) is 0 Å². The summed E-state index contributed by atoms with van der Waals surface area (Å²) in [6, 6.07) is 13.4. The molecule has 0 radical (unpaired) electrons. The number of carbonyl (C=O) groups is 2. The molecule has 124 valence electrons. The molecule has 5 nitrogen and oxygen atoms in total. The predicted molar refractivity (Wildman–Crippen MR) is 91.9 cm³/mol. The van der Waals surface area contributed by atoms with Crippen LogP contribution in [0, 0.1) is 6.92 Å². The topological polar surface area (TPSA) is 67.4 Å². The van der Waals surface area contributed by atoms with Gasteiger partial charge in [0.15, 0.2) is 6.61 Å². The first kappa shape index (κ1) is 16.1. The van der Waals surface area contributed by atoms with Crippen molar-refractivity contribution in [3.05, 3.63) is 59.2 Å². The van der Waals surface area contributed by atoms with E-state index < -0.39 is 0 Å². The molecule has 5 heteroatoms. The number of rotatable bonds is 5. The van der Waals surface area contributed by atoms with Crippen LogP contribution < -0.4 is 15.4 Å². The third-order valence-electron chi connectivity index (χ3n) is 3.95. The zero-order valence-corrected chi connectivity index (χ0v) is 13.6. The minimum atomic E-state index is -0.165. The van der Waals surface area contributed by atoms with Crippen LogP contribution in [0.25, 0.3) is 0 Å². The van der Waals surface area contributed by atoms with E-state index in [4.69, 9.17) is 4.74 Å². The van der Waals surface area contributed by atoms with Crippen LogP contribution >= 0.6 is 0 Å². The SMILES string of the molecule is Cc1ccc(OCC(=O)NCc2ccc3c(c2)CCC(=O)N3)cc1. The molecule has 0 saturated carbocycles. The second-order valence-electron chi connectivity index (χ2n) is 5.92. The summed E-state index contributed by atoms with van der Waals surface area (Å²) >= 11 is 0. The summed E-state index contributed by atoms with van der Waals surface area (Å²) in [4.78, 5) is 23.2. The van der Waals surface area contributed by atoms with Crippen molar-refractivity contribution in [2.24, 2.45) is 0 Å². The zero-order chi connectivity index (χ0) is 16.9. The Labute approximate surface area is 141 Å². The number of fused-ring (bicyclic) bond motifs is 1. The maximum absolute atomic E-state index is 11.9. The Kier molecular flexibility index (Phi) is 4.79. The van der Waals surface area contributed by atoms with Crippen LogP contribution in [0.2, 0.25) is 0 Å². The maximum Gasteiger partial charge on any atom is 0.258 e. The van der Waals surface area contributed by atoms with Gasteiger partial charge in [0.25, 0.3) is 5.91 Å². The molecule has 0 spiro atoms. The molecule has 0 unspecified atom stereocenters. The van der Waals surface area contributed by atoms with Crippen LogP contribution in [0.4, 0.5) is 5.69 Å². The average Bonchev–Trinajstić information content (AvgIpc) is 2.59. The van der Waals surface area contributed by atoms with E-state index in [-0.39, 0.29) is 18.4 Å². The van der Waals surface area contributed by atoms with Gasteiger partial charge in [0, 0.05) is 18.7 Å². The van der Waals surface area contributed by atoms with Gasteiger partial charge in [-0.15, -0.1) is 0 Å². The van der Waals surface area contributed by atoms with Crippen molar-refractivity contribution in [2.75, 3.05) is 11.9 Å². The minimum Gasteiger partial charge on any atom is -0.484 e. The highest BCUT2D eigenvalue weighted by Crippen LogP contribution is 2.23.